The summed E-state index contributed by atoms with van der Waals surface area (Å²) in [6, 6.07) is 12.3. The van der Waals surface area contributed by atoms with Crippen molar-refractivity contribution < 1.29 is 27.8 Å². The molecule has 0 radical (unpaired) electrons. The molecule has 2 aromatic rings. The zero-order valence-corrected chi connectivity index (χ0v) is 18.5. The highest BCUT2D eigenvalue weighted by Gasteiger charge is 2.63. The molecule has 0 fully saturated rings. The molecule has 0 saturated carbocycles. The molecule has 3 rings (SSSR count). The van der Waals surface area contributed by atoms with Crippen molar-refractivity contribution in [1.29, 1.82) is 0 Å². The van der Waals surface area contributed by atoms with Crippen molar-refractivity contribution >= 4 is 11.6 Å². The lowest BCUT2D eigenvalue weighted by Crippen LogP contribution is -2.57. The van der Waals surface area contributed by atoms with E-state index in [4.69, 9.17) is 4.74 Å². The number of rotatable bonds is 6. The number of alkyl halides is 3. The first-order valence-corrected chi connectivity index (χ1v) is 10.5. The number of halogens is 3. The van der Waals surface area contributed by atoms with Crippen molar-refractivity contribution in [2.45, 2.75) is 58.4 Å². The molecule has 32 heavy (non-hydrogen) atoms. The van der Waals surface area contributed by atoms with Gasteiger partial charge in [0.2, 0.25) is 0 Å². The van der Waals surface area contributed by atoms with Crippen LogP contribution in [0.25, 0.3) is 0 Å². The van der Waals surface area contributed by atoms with Gasteiger partial charge in [0, 0.05) is 0 Å². The van der Waals surface area contributed by atoms with Crippen LogP contribution in [0, 0.1) is 6.92 Å². The number of nitrogens with zero attached hydrogens (tertiary/aromatic N) is 2. The maximum Gasteiger partial charge on any atom is 0.438 e. The zero-order valence-electron chi connectivity index (χ0n) is 18.5. The largest absolute Gasteiger partial charge is 0.483 e. The van der Waals surface area contributed by atoms with Gasteiger partial charge in [-0.25, -0.2) is 0 Å². The van der Waals surface area contributed by atoms with Crippen LogP contribution in [0.1, 0.15) is 55.4 Å². The molecule has 0 unspecified atom stereocenters. The summed E-state index contributed by atoms with van der Waals surface area (Å²) in [6.07, 6.45) is -5.17. The van der Waals surface area contributed by atoms with E-state index in [1.165, 1.54) is 0 Å². The van der Waals surface area contributed by atoms with Gasteiger partial charge >= 0.3 is 6.18 Å². The Labute approximate surface area is 185 Å². The van der Waals surface area contributed by atoms with Gasteiger partial charge in [-0.2, -0.15) is 23.3 Å². The van der Waals surface area contributed by atoms with Crippen molar-refractivity contribution in [3.63, 3.8) is 0 Å². The van der Waals surface area contributed by atoms with Crippen LogP contribution in [0.4, 0.5) is 13.2 Å². The molecule has 2 aromatic carbocycles. The van der Waals surface area contributed by atoms with Crippen molar-refractivity contribution in [2.24, 2.45) is 5.10 Å². The van der Waals surface area contributed by atoms with E-state index in [1.54, 1.807) is 30.3 Å². The predicted molar refractivity (Wildman–Crippen MR) is 116 cm³/mol. The minimum absolute atomic E-state index is 0.0146. The first-order valence-electron chi connectivity index (χ1n) is 10.5. The van der Waals surface area contributed by atoms with Crippen LogP contribution in [-0.4, -0.2) is 40.2 Å². The molecular weight excluding hydrogens is 421 g/mol. The Morgan fingerprint density at radius 2 is 1.88 bits per heavy atom. The fourth-order valence-corrected chi connectivity index (χ4v) is 3.57. The van der Waals surface area contributed by atoms with Crippen molar-refractivity contribution in [3.8, 4) is 5.75 Å². The SMILES string of the molecule is CCc1ccc(C2=NN(C(=O)COc3cc(C)ccc3C(C)C)[C@](O)(C(F)(F)F)C2)cc1. The standard InChI is InChI=1S/C24H27F3N2O3/c1-5-17-7-9-18(10-8-17)20-13-23(31,24(25,26)27)29(28-20)22(30)14-32-21-12-16(4)6-11-19(21)15(2)3/h6-12,15,31H,5,13-14H2,1-4H3/t23-/m1/s1. The van der Waals surface area contributed by atoms with Crippen LogP contribution in [0.15, 0.2) is 47.6 Å². The number of carbonyl (C=O) groups is 1. The van der Waals surface area contributed by atoms with E-state index in [0.717, 1.165) is 23.1 Å². The first kappa shape index (κ1) is 23.8. The molecular formula is C24H27F3N2O3. The molecule has 1 heterocycles. The van der Waals surface area contributed by atoms with E-state index in [1.807, 2.05) is 39.8 Å². The summed E-state index contributed by atoms with van der Waals surface area (Å²) in [6.45, 7) is 7.02. The van der Waals surface area contributed by atoms with Gasteiger partial charge < -0.3 is 9.84 Å². The Balaban J connectivity index is 1.87. The van der Waals surface area contributed by atoms with Gasteiger partial charge in [0.15, 0.2) is 6.61 Å². The summed E-state index contributed by atoms with van der Waals surface area (Å²) in [4.78, 5) is 12.8. The average molecular weight is 448 g/mol. The number of aliphatic hydroxyl groups is 1. The van der Waals surface area contributed by atoms with Crippen LogP contribution >= 0.6 is 0 Å². The lowest BCUT2D eigenvalue weighted by atomic mass is 9.99. The first-order chi connectivity index (χ1) is 15.0. The van der Waals surface area contributed by atoms with Gasteiger partial charge in [0.1, 0.15) is 5.75 Å². The van der Waals surface area contributed by atoms with Crippen LogP contribution in [0.5, 0.6) is 5.75 Å². The molecule has 0 spiro atoms. The summed E-state index contributed by atoms with van der Waals surface area (Å²) in [7, 11) is 0. The van der Waals surface area contributed by atoms with Gasteiger partial charge in [-0.3, -0.25) is 4.79 Å². The molecule has 1 N–H and O–H groups in total. The van der Waals surface area contributed by atoms with Gasteiger partial charge in [-0.05, 0) is 47.6 Å². The molecule has 5 nitrogen and oxygen atoms in total. The lowest BCUT2D eigenvalue weighted by molar-refractivity contribution is -0.302. The monoisotopic (exact) mass is 448 g/mol. The minimum atomic E-state index is -5.09. The highest BCUT2D eigenvalue weighted by Crippen LogP contribution is 2.41. The Morgan fingerprint density at radius 3 is 2.44 bits per heavy atom. The van der Waals surface area contributed by atoms with E-state index >= 15 is 0 Å². The number of hydrogen-bond acceptors (Lipinski definition) is 4. The summed E-state index contributed by atoms with van der Waals surface area (Å²) in [5.74, 6) is -0.570. The number of carbonyl (C=O) groups excluding carboxylic acids is 1. The Morgan fingerprint density at radius 1 is 1.22 bits per heavy atom. The van der Waals surface area contributed by atoms with Gasteiger partial charge in [-0.15, -0.1) is 0 Å². The second-order valence-electron chi connectivity index (χ2n) is 8.28. The topological polar surface area (TPSA) is 62.1 Å². The van der Waals surface area contributed by atoms with Crippen molar-refractivity contribution in [2.75, 3.05) is 6.61 Å². The summed E-state index contributed by atoms with van der Waals surface area (Å²) in [5.41, 5.74) is -0.295. The molecule has 1 amide bonds. The summed E-state index contributed by atoms with van der Waals surface area (Å²) >= 11 is 0. The number of benzene rings is 2. The molecule has 0 aromatic heterocycles. The zero-order chi connectivity index (χ0) is 23.7. The molecule has 0 aliphatic carbocycles. The summed E-state index contributed by atoms with van der Waals surface area (Å²) in [5, 5.41) is 14.5. The minimum Gasteiger partial charge on any atom is -0.483 e. The number of ether oxygens (including phenoxy) is 1. The molecule has 0 bridgehead atoms. The Bertz CT molecular complexity index is 1020. The molecule has 172 valence electrons. The van der Waals surface area contributed by atoms with E-state index in [0.29, 0.717) is 11.3 Å². The molecule has 8 heteroatoms. The fraction of sp³-hybridized carbons (Fsp3) is 0.417. The number of aryl methyl sites for hydroxylation is 2. The van der Waals surface area contributed by atoms with E-state index in [-0.39, 0.29) is 16.6 Å². The smallest absolute Gasteiger partial charge is 0.438 e. The van der Waals surface area contributed by atoms with Crippen LogP contribution in [-0.2, 0) is 11.2 Å². The van der Waals surface area contributed by atoms with Crippen LogP contribution in [0.2, 0.25) is 0 Å². The van der Waals surface area contributed by atoms with Crippen LogP contribution < -0.4 is 4.74 Å². The highest BCUT2D eigenvalue weighted by molar-refractivity contribution is 6.03. The maximum absolute atomic E-state index is 13.8. The third kappa shape index (κ3) is 4.65. The second kappa shape index (κ2) is 8.94. The predicted octanol–water partition coefficient (Wildman–Crippen LogP) is 4.95. The Hall–Kier alpha value is -2.87. The van der Waals surface area contributed by atoms with Gasteiger partial charge in [0.25, 0.3) is 11.6 Å². The van der Waals surface area contributed by atoms with Gasteiger partial charge in [-0.1, -0.05) is 57.2 Å². The van der Waals surface area contributed by atoms with Crippen LogP contribution in [0.3, 0.4) is 0 Å². The highest BCUT2D eigenvalue weighted by atomic mass is 19.4. The van der Waals surface area contributed by atoms with E-state index < -0.39 is 30.8 Å². The number of amides is 1. The van der Waals surface area contributed by atoms with E-state index in [2.05, 4.69) is 5.10 Å². The number of hydrogen-bond donors (Lipinski definition) is 1. The van der Waals surface area contributed by atoms with Crippen molar-refractivity contribution in [3.05, 3.63) is 64.7 Å². The quantitative estimate of drug-likeness (QED) is 0.681. The fourth-order valence-electron chi connectivity index (χ4n) is 3.57. The third-order valence-corrected chi connectivity index (χ3v) is 5.51. The number of hydrazone groups is 1. The Kier molecular flexibility index (Phi) is 6.64. The molecule has 1 aliphatic rings. The lowest BCUT2D eigenvalue weighted by Gasteiger charge is -2.32. The maximum atomic E-state index is 13.8. The van der Waals surface area contributed by atoms with E-state index in [9.17, 15) is 23.1 Å². The van der Waals surface area contributed by atoms with Gasteiger partial charge in [0.05, 0.1) is 12.1 Å². The second-order valence-corrected chi connectivity index (χ2v) is 8.28. The summed E-state index contributed by atoms with van der Waals surface area (Å²) < 4.78 is 47.0. The van der Waals surface area contributed by atoms with Crippen molar-refractivity contribution in [1.82, 2.24) is 5.01 Å². The normalized spacial score (nSPS) is 18.8. The molecule has 1 aliphatic heterocycles. The molecule has 1 atom stereocenters. The third-order valence-electron chi connectivity index (χ3n) is 5.51. The average Bonchev–Trinajstić information content (AvgIpc) is 3.11. The molecule has 0 saturated heterocycles.